The van der Waals surface area contributed by atoms with Crippen LogP contribution >= 0.6 is 11.6 Å². The molecule has 0 bridgehead atoms. The molecule has 0 saturated heterocycles. The summed E-state index contributed by atoms with van der Waals surface area (Å²) < 4.78 is 0. The van der Waals surface area contributed by atoms with Crippen molar-refractivity contribution in [1.82, 2.24) is 4.98 Å². The van der Waals surface area contributed by atoms with Crippen LogP contribution in [0, 0.1) is 0 Å². The molecule has 2 rings (SSSR count). The fourth-order valence-corrected chi connectivity index (χ4v) is 1.86. The topological polar surface area (TPSA) is 42.1 Å². The molecule has 0 unspecified atom stereocenters. The van der Waals surface area contributed by atoms with Gasteiger partial charge in [-0.3, -0.25) is 0 Å². The van der Waals surface area contributed by atoms with E-state index in [1.54, 1.807) is 6.20 Å². The molecule has 0 saturated carbocycles. The molecule has 2 heterocycles. The minimum atomic E-state index is 0.670. The van der Waals surface area contributed by atoms with Crippen molar-refractivity contribution in [2.24, 2.45) is 5.73 Å². The summed E-state index contributed by atoms with van der Waals surface area (Å²) in [6.07, 6.45) is 2.72. The van der Waals surface area contributed by atoms with E-state index >= 15 is 0 Å². The molecule has 1 aliphatic rings. The number of aromatic nitrogens is 1. The number of nitrogens with zero attached hydrogens (tertiary/aromatic N) is 2. The first-order valence-corrected chi connectivity index (χ1v) is 4.78. The van der Waals surface area contributed by atoms with Gasteiger partial charge in [0.05, 0.1) is 5.02 Å². The van der Waals surface area contributed by atoms with Gasteiger partial charge in [-0.2, -0.15) is 0 Å². The van der Waals surface area contributed by atoms with Crippen LogP contribution in [0.4, 0.5) is 5.82 Å². The maximum Gasteiger partial charge on any atom is 0.131 e. The van der Waals surface area contributed by atoms with Gasteiger partial charge in [0.15, 0.2) is 0 Å². The summed E-state index contributed by atoms with van der Waals surface area (Å²) in [6, 6.07) is 1.99. The molecule has 0 radical (unpaired) electrons. The highest BCUT2D eigenvalue weighted by Gasteiger charge is 2.19. The molecule has 1 aromatic rings. The van der Waals surface area contributed by atoms with Crippen molar-refractivity contribution in [3.63, 3.8) is 0 Å². The van der Waals surface area contributed by atoms with Gasteiger partial charge in [0, 0.05) is 25.8 Å². The monoisotopic (exact) mass is 197 g/mol. The molecular formula is C9H12ClN3. The van der Waals surface area contributed by atoms with E-state index in [1.165, 1.54) is 5.56 Å². The fraction of sp³-hybridized carbons (Fsp3) is 0.444. The summed E-state index contributed by atoms with van der Waals surface area (Å²) in [5.74, 6) is 1.05. The highest BCUT2D eigenvalue weighted by Crippen LogP contribution is 2.26. The summed E-state index contributed by atoms with van der Waals surface area (Å²) in [6.45, 7) is 2.56. The maximum atomic E-state index is 5.84. The van der Waals surface area contributed by atoms with E-state index in [0.717, 1.165) is 25.3 Å². The van der Waals surface area contributed by atoms with E-state index in [4.69, 9.17) is 17.3 Å². The lowest BCUT2D eigenvalue weighted by Crippen LogP contribution is -2.27. The largest absolute Gasteiger partial charge is 0.355 e. The van der Waals surface area contributed by atoms with Gasteiger partial charge < -0.3 is 10.6 Å². The number of fused-ring (bicyclic) bond motifs is 1. The Hall–Kier alpha value is -0.800. The Labute approximate surface area is 82.5 Å². The number of rotatable bonds is 2. The van der Waals surface area contributed by atoms with Crippen LogP contribution in [0.25, 0.3) is 0 Å². The van der Waals surface area contributed by atoms with Crippen LogP contribution in [0.3, 0.4) is 0 Å². The third kappa shape index (κ3) is 1.62. The van der Waals surface area contributed by atoms with Crippen molar-refractivity contribution < 1.29 is 0 Å². The van der Waals surface area contributed by atoms with Crippen LogP contribution < -0.4 is 10.6 Å². The Kier molecular flexibility index (Phi) is 2.38. The van der Waals surface area contributed by atoms with Crippen molar-refractivity contribution in [2.45, 2.75) is 6.42 Å². The van der Waals surface area contributed by atoms with Gasteiger partial charge in [0.25, 0.3) is 0 Å². The molecule has 0 fully saturated rings. The second-order valence-electron chi connectivity index (χ2n) is 3.16. The zero-order chi connectivity index (χ0) is 9.26. The van der Waals surface area contributed by atoms with E-state index in [1.807, 2.05) is 6.07 Å². The lowest BCUT2D eigenvalue weighted by molar-refractivity contribution is 0.812. The van der Waals surface area contributed by atoms with Crippen LogP contribution in [0.1, 0.15) is 5.56 Å². The highest BCUT2D eigenvalue weighted by molar-refractivity contribution is 6.30. The second kappa shape index (κ2) is 3.52. The molecule has 0 amide bonds. The summed E-state index contributed by atoms with van der Waals surface area (Å²) in [4.78, 5) is 6.50. The van der Waals surface area contributed by atoms with Gasteiger partial charge >= 0.3 is 0 Å². The fourth-order valence-electron chi connectivity index (χ4n) is 1.68. The average Bonchev–Trinajstić information content (AvgIpc) is 2.49. The minimum Gasteiger partial charge on any atom is -0.355 e. The quantitative estimate of drug-likeness (QED) is 0.771. The lowest BCUT2D eigenvalue weighted by atomic mass is 10.2. The second-order valence-corrected chi connectivity index (χ2v) is 3.60. The van der Waals surface area contributed by atoms with Crippen molar-refractivity contribution in [3.05, 3.63) is 22.8 Å². The third-order valence-electron chi connectivity index (χ3n) is 2.26. The average molecular weight is 198 g/mol. The van der Waals surface area contributed by atoms with Crippen LogP contribution in [0.15, 0.2) is 12.3 Å². The highest BCUT2D eigenvalue weighted by atomic mass is 35.5. The summed E-state index contributed by atoms with van der Waals surface area (Å²) in [5, 5.41) is 0.716. The molecule has 1 aliphatic heterocycles. The van der Waals surface area contributed by atoms with Crippen LogP contribution in [0.2, 0.25) is 5.02 Å². The Morgan fingerprint density at radius 1 is 1.62 bits per heavy atom. The predicted octanol–water partition coefficient (Wildman–Crippen LogP) is 1.06. The van der Waals surface area contributed by atoms with Gasteiger partial charge in [0.1, 0.15) is 5.82 Å². The Morgan fingerprint density at radius 2 is 2.46 bits per heavy atom. The Morgan fingerprint density at radius 3 is 3.23 bits per heavy atom. The van der Waals surface area contributed by atoms with Crippen molar-refractivity contribution >= 4 is 17.4 Å². The molecule has 0 aromatic carbocycles. The van der Waals surface area contributed by atoms with Crippen molar-refractivity contribution in [2.75, 3.05) is 24.5 Å². The molecule has 0 atom stereocenters. The first-order valence-electron chi connectivity index (χ1n) is 4.40. The molecule has 13 heavy (non-hydrogen) atoms. The van der Waals surface area contributed by atoms with Gasteiger partial charge in [-0.25, -0.2) is 4.98 Å². The molecular weight excluding hydrogens is 186 g/mol. The van der Waals surface area contributed by atoms with E-state index in [-0.39, 0.29) is 0 Å². The number of hydrogen-bond donors (Lipinski definition) is 1. The number of pyridine rings is 1. The normalized spacial score (nSPS) is 14.8. The number of hydrogen-bond acceptors (Lipinski definition) is 3. The molecule has 0 aliphatic carbocycles. The number of halogens is 1. The zero-order valence-electron chi connectivity index (χ0n) is 7.33. The van der Waals surface area contributed by atoms with E-state index in [2.05, 4.69) is 9.88 Å². The van der Waals surface area contributed by atoms with E-state index in [0.29, 0.717) is 11.6 Å². The van der Waals surface area contributed by atoms with Crippen molar-refractivity contribution in [3.8, 4) is 0 Å². The Bertz CT molecular complexity index is 314. The van der Waals surface area contributed by atoms with Gasteiger partial charge in [-0.1, -0.05) is 11.6 Å². The SMILES string of the molecule is NCCN1CCc2cc(Cl)cnc21. The summed E-state index contributed by atoms with van der Waals surface area (Å²) >= 11 is 5.84. The third-order valence-corrected chi connectivity index (χ3v) is 2.47. The first-order chi connectivity index (χ1) is 6.31. The molecule has 3 nitrogen and oxygen atoms in total. The van der Waals surface area contributed by atoms with E-state index in [9.17, 15) is 0 Å². The van der Waals surface area contributed by atoms with Crippen molar-refractivity contribution in [1.29, 1.82) is 0 Å². The molecule has 0 spiro atoms. The predicted molar refractivity (Wildman–Crippen MR) is 54.2 cm³/mol. The van der Waals surface area contributed by atoms with E-state index < -0.39 is 0 Å². The maximum absolute atomic E-state index is 5.84. The van der Waals surface area contributed by atoms with Gasteiger partial charge in [-0.05, 0) is 18.1 Å². The molecule has 4 heteroatoms. The zero-order valence-corrected chi connectivity index (χ0v) is 8.09. The number of anilines is 1. The van der Waals surface area contributed by atoms with Gasteiger partial charge in [-0.15, -0.1) is 0 Å². The Balaban J connectivity index is 2.27. The molecule has 2 N–H and O–H groups in total. The van der Waals surface area contributed by atoms with Crippen LogP contribution in [-0.2, 0) is 6.42 Å². The molecule has 70 valence electrons. The lowest BCUT2D eigenvalue weighted by Gasteiger charge is -2.16. The van der Waals surface area contributed by atoms with Gasteiger partial charge in [0.2, 0.25) is 0 Å². The standard InChI is InChI=1S/C9H12ClN3/c10-8-5-7-1-3-13(4-2-11)9(7)12-6-8/h5-6H,1-4,11H2. The number of nitrogens with two attached hydrogens (primary N) is 1. The van der Waals surface area contributed by atoms with Crippen LogP contribution in [0.5, 0.6) is 0 Å². The summed E-state index contributed by atoms with van der Waals surface area (Å²) in [7, 11) is 0. The molecule has 1 aromatic heterocycles. The van der Waals surface area contributed by atoms with Crippen LogP contribution in [-0.4, -0.2) is 24.6 Å². The summed E-state index contributed by atoms with van der Waals surface area (Å²) in [5.41, 5.74) is 6.74. The first kappa shape index (κ1) is 8.78. The smallest absolute Gasteiger partial charge is 0.131 e. The minimum absolute atomic E-state index is 0.670.